The molecule has 0 spiro atoms. The van der Waals surface area contributed by atoms with Crippen molar-refractivity contribution in [2.75, 3.05) is 0 Å². The van der Waals surface area contributed by atoms with Gasteiger partial charge in [-0.05, 0) is 12.5 Å². The maximum atomic E-state index is 9.30. The van der Waals surface area contributed by atoms with Gasteiger partial charge in [-0.1, -0.05) is 35.9 Å². The Balaban J connectivity index is 2.89. The molecular weight excluding hydrogens is 136 g/mol. The van der Waals surface area contributed by atoms with Gasteiger partial charge >= 0.3 is 0 Å². The van der Waals surface area contributed by atoms with E-state index in [1.54, 1.807) is 0 Å². The molecule has 1 rings (SSSR count). The molecule has 1 heteroatoms. The van der Waals surface area contributed by atoms with Crippen LogP contribution in [0.3, 0.4) is 0 Å². The molecule has 0 heterocycles. The van der Waals surface area contributed by atoms with Gasteiger partial charge in [0, 0.05) is 0 Å². The fourth-order valence-electron chi connectivity index (χ4n) is 0.900. The molecule has 0 aliphatic heterocycles. The highest BCUT2D eigenvalue weighted by atomic mass is 16.3. The topological polar surface area (TPSA) is 20.2 Å². The smallest absolute Gasteiger partial charge is 0.0969 e. The molecule has 0 radical (unpaired) electrons. The second kappa shape index (κ2) is 3.35. The van der Waals surface area contributed by atoms with E-state index >= 15 is 0 Å². The van der Waals surface area contributed by atoms with Crippen LogP contribution in [0.1, 0.15) is 17.2 Å². The summed E-state index contributed by atoms with van der Waals surface area (Å²) in [4.78, 5) is 0. The summed E-state index contributed by atoms with van der Waals surface area (Å²) in [6, 6.07) is 7.76. The molecule has 0 aliphatic carbocycles. The summed E-state index contributed by atoms with van der Waals surface area (Å²) >= 11 is 0. The van der Waals surface area contributed by atoms with Crippen molar-refractivity contribution in [3.63, 3.8) is 0 Å². The zero-order valence-corrected chi connectivity index (χ0v) is 6.62. The lowest BCUT2D eigenvalue weighted by Gasteiger charge is -2.04. The van der Waals surface area contributed by atoms with E-state index in [2.05, 4.69) is 6.58 Å². The SMILES string of the molecule is C=C[C@H](O)c1ccc(C)cc1. The van der Waals surface area contributed by atoms with Gasteiger partial charge in [0.1, 0.15) is 0 Å². The third kappa shape index (κ3) is 1.92. The first-order valence-corrected chi connectivity index (χ1v) is 3.61. The Hall–Kier alpha value is -1.08. The lowest BCUT2D eigenvalue weighted by molar-refractivity contribution is 0.229. The molecule has 0 fully saturated rings. The zero-order chi connectivity index (χ0) is 8.27. The van der Waals surface area contributed by atoms with Crippen molar-refractivity contribution < 1.29 is 5.11 Å². The number of aliphatic hydroxyl groups is 1. The van der Waals surface area contributed by atoms with Crippen LogP contribution in [0.2, 0.25) is 0 Å². The van der Waals surface area contributed by atoms with E-state index in [1.807, 2.05) is 31.2 Å². The van der Waals surface area contributed by atoms with Crippen LogP contribution in [0, 0.1) is 6.92 Å². The summed E-state index contributed by atoms with van der Waals surface area (Å²) < 4.78 is 0. The molecule has 0 aromatic heterocycles. The summed E-state index contributed by atoms with van der Waals surface area (Å²) in [5.41, 5.74) is 2.09. The maximum absolute atomic E-state index is 9.30. The van der Waals surface area contributed by atoms with Gasteiger partial charge in [-0.25, -0.2) is 0 Å². The predicted molar refractivity (Wildman–Crippen MR) is 46.3 cm³/mol. The van der Waals surface area contributed by atoms with E-state index in [0.29, 0.717) is 0 Å². The molecule has 0 amide bonds. The van der Waals surface area contributed by atoms with E-state index in [9.17, 15) is 5.11 Å². The van der Waals surface area contributed by atoms with Crippen LogP contribution in [0.5, 0.6) is 0 Å². The molecule has 11 heavy (non-hydrogen) atoms. The van der Waals surface area contributed by atoms with Gasteiger partial charge < -0.3 is 5.11 Å². The Morgan fingerprint density at radius 2 is 1.91 bits per heavy atom. The minimum absolute atomic E-state index is 0.532. The van der Waals surface area contributed by atoms with Crippen LogP contribution in [0.15, 0.2) is 36.9 Å². The van der Waals surface area contributed by atoms with Crippen molar-refractivity contribution in [2.24, 2.45) is 0 Å². The summed E-state index contributed by atoms with van der Waals surface area (Å²) in [6.45, 7) is 5.53. The van der Waals surface area contributed by atoms with Crippen LogP contribution in [-0.2, 0) is 0 Å². The van der Waals surface area contributed by atoms with E-state index in [0.717, 1.165) is 5.56 Å². The molecule has 1 atom stereocenters. The summed E-state index contributed by atoms with van der Waals surface area (Å²) in [7, 11) is 0. The maximum Gasteiger partial charge on any atom is 0.0969 e. The molecule has 1 aromatic rings. The molecule has 0 aliphatic rings. The molecule has 0 bridgehead atoms. The first kappa shape index (κ1) is 8.02. The Bertz CT molecular complexity index is 236. The number of benzene rings is 1. The van der Waals surface area contributed by atoms with Crippen molar-refractivity contribution in [3.8, 4) is 0 Å². The molecular formula is C10H12O. The average molecular weight is 148 g/mol. The largest absolute Gasteiger partial charge is 0.384 e. The highest BCUT2D eigenvalue weighted by Gasteiger charge is 1.99. The van der Waals surface area contributed by atoms with Gasteiger partial charge in [0.15, 0.2) is 0 Å². The number of hydrogen-bond donors (Lipinski definition) is 1. The van der Waals surface area contributed by atoms with E-state index < -0.39 is 6.10 Å². The number of aryl methyl sites for hydroxylation is 1. The Morgan fingerprint density at radius 1 is 1.36 bits per heavy atom. The van der Waals surface area contributed by atoms with Gasteiger partial charge in [0.05, 0.1) is 6.10 Å². The summed E-state index contributed by atoms with van der Waals surface area (Å²) in [5.74, 6) is 0. The van der Waals surface area contributed by atoms with Crippen LogP contribution >= 0.6 is 0 Å². The standard InChI is InChI=1S/C10H12O/c1-3-10(11)9-6-4-8(2)5-7-9/h3-7,10-11H,1H2,2H3/t10-/m0/s1. The highest BCUT2D eigenvalue weighted by molar-refractivity contribution is 5.24. The molecule has 58 valence electrons. The second-order valence-corrected chi connectivity index (χ2v) is 2.59. The summed E-state index contributed by atoms with van der Waals surface area (Å²) in [6.07, 6.45) is 0.987. The van der Waals surface area contributed by atoms with E-state index in [1.165, 1.54) is 11.6 Å². The Kier molecular flexibility index (Phi) is 2.44. The van der Waals surface area contributed by atoms with Crippen molar-refractivity contribution in [1.29, 1.82) is 0 Å². The number of aliphatic hydroxyl groups excluding tert-OH is 1. The van der Waals surface area contributed by atoms with Crippen LogP contribution in [0.4, 0.5) is 0 Å². The van der Waals surface area contributed by atoms with E-state index in [4.69, 9.17) is 0 Å². The van der Waals surface area contributed by atoms with Gasteiger partial charge in [0.25, 0.3) is 0 Å². The Labute approximate surface area is 67.0 Å². The quantitative estimate of drug-likeness (QED) is 0.637. The van der Waals surface area contributed by atoms with Crippen LogP contribution in [-0.4, -0.2) is 5.11 Å². The average Bonchev–Trinajstić information content (AvgIpc) is 2.05. The fourth-order valence-corrected chi connectivity index (χ4v) is 0.900. The summed E-state index contributed by atoms with van der Waals surface area (Å²) in [5, 5.41) is 9.30. The zero-order valence-electron chi connectivity index (χ0n) is 6.62. The third-order valence-corrected chi connectivity index (χ3v) is 1.64. The lowest BCUT2D eigenvalue weighted by atomic mass is 10.1. The molecule has 0 saturated heterocycles. The van der Waals surface area contributed by atoms with Gasteiger partial charge in [-0.15, -0.1) is 6.58 Å². The van der Waals surface area contributed by atoms with Crippen molar-refractivity contribution >= 4 is 0 Å². The number of rotatable bonds is 2. The van der Waals surface area contributed by atoms with Crippen molar-refractivity contribution in [1.82, 2.24) is 0 Å². The molecule has 0 saturated carbocycles. The fraction of sp³-hybridized carbons (Fsp3) is 0.200. The second-order valence-electron chi connectivity index (χ2n) is 2.59. The van der Waals surface area contributed by atoms with Crippen molar-refractivity contribution in [3.05, 3.63) is 48.0 Å². The Morgan fingerprint density at radius 3 is 2.36 bits per heavy atom. The monoisotopic (exact) mass is 148 g/mol. The van der Waals surface area contributed by atoms with E-state index in [-0.39, 0.29) is 0 Å². The highest BCUT2D eigenvalue weighted by Crippen LogP contribution is 2.13. The van der Waals surface area contributed by atoms with Gasteiger partial charge in [-0.2, -0.15) is 0 Å². The first-order valence-electron chi connectivity index (χ1n) is 3.61. The molecule has 1 N–H and O–H groups in total. The normalized spacial score (nSPS) is 12.5. The van der Waals surface area contributed by atoms with Crippen LogP contribution in [0.25, 0.3) is 0 Å². The lowest BCUT2D eigenvalue weighted by Crippen LogP contribution is -1.91. The number of hydrogen-bond acceptors (Lipinski definition) is 1. The van der Waals surface area contributed by atoms with Gasteiger partial charge in [-0.3, -0.25) is 0 Å². The first-order chi connectivity index (χ1) is 5.24. The minimum Gasteiger partial charge on any atom is -0.384 e. The predicted octanol–water partition coefficient (Wildman–Crippen LogP) is 2.21. The molecule has 0 unspecified atom stereocenters. The molecule has 1 aromatic carbocycles. The van der Waals surface area contributed by atoms with Crippen LogP contribution < -0.4 is 0 Å². The minimum atomic E-state index is -0.532. The van der Waals surface area contributed by atoms with Crippen molar-refractivity contribution in [2.45, 2.75) is 13.0 Å². The molecule has 1 nitrogen and oxygen atoms in total. The third-order valence-electron chi connectivity index (χ3n) is 1.64. The van der Waals surface area contributed by atoms with Gasteiger partial charge in [0.2, 0.25) is 0 Å².